The molecule has 0 fully saturated rings. The average molecular weight is 925 g/mol. The SMILES string of the molecule is Cc1cccc(C)c1-c1ccc2c(c1)c1cc(-c3c(C)cccc3C)cc3c1n2B1c2c(ccc(-c4cc(C(C)(C)C)cc(C(C)(C)C)c4)c2-3)-n2c3ccc(C(C)(C)C)cc3c3cc(C(C)(C)C)cc1c32. The van der Waals surface area contributed by atoms with Crippen LogP contribution in [0.15, 0.2) is 127 Å². The minimum atomic E-state index is -0.0823. The molecular weight excluding hydrogens is 856 g/mol. The van der Waals surface area contributed by atoms with Crippen LogP contribution in [-0.4, -0.2) is 15.9 Å². The largest absolute Gasteiger partial charge is 0.375 e. The second kappa shape index (κ2) is 15.0. The van der Waals surface area contributed by atoms with Crippen LogP contribution in [0.5, 0.6) is 0 Å². The van der Waals surface area contributed by atoms with Crippen molar-refractivity contribution < 1.29 is 0 Å². The molecule has 2 aliphatic rings. The quantitative estimate of drug-likeness (QED) is 0.156. The van der Waals surface area contributed by atoms with Gasteiger partial charge in [-0.1, -0.05) is 162 Å². The fourth-order valence-electron chi connectivity index (χ4n) is 12.7. The normalized spacial score (nSPS) is 13.6. The minimum Gasteiger partial charge on any atom is -0.375 e. The summed E-state index contributed by atoms with van der Waals surface area (Å²) in [6.07, 6.45) is 0. The fourth-order valence-corrected chi connectivity index (χ4v) is 12.7. The number of rotatable bonds is 3. The molecule has 2 aromatic heterocycles. The number of aryl methyl sites for hydroxylation is 4. The van der Waals surface area contributed by atoms with Crippen LogP contribution in [0, 0.1) is 27.7 Å². The molecule has 10 aromatic rings. The number of nitrogens with zero attached hydrogens (tertiary/aromatic N) is 2. The van der Waals surface area contributed by atoms with Gasteiger partial charge in [-0.25, -0.2) is 0 Å². The Hall–Kier alpha value is -6.58. The molecule has 0 bridgehead atoms. The Bertz CT molecular complexity index is 3880. The van der Waals surface area contributed by atoms with Crippen LogP contribution in [0.25, 0.3) is 93.8 Å². The topological polar surface area (TPSA) is 9.86 Å². The lowest BCUT2D eigenvalue weighted by Gasteiger charge is -2.36. The summed E-state index contributed by atoms with van der Waals surface area (Å²) >= 11 is 0. The fraction of sp³-hybridized carbons (Fsp3) is 0.294. The van der Waals surface area contributed by atoms with Crippen LogP contribution in [0.4, 0.5) is 0 Å². The molecule has 4 heterocycles. The van der Waals surface area contributed by atoms with E-state index in [0.29, 0.717) is 0 Å². The molecule has 0 saturated carbocycles. The van der Waals surface area contributed by atoms with E-state index in [1.165, 1.54) is 149 Å². The van der Waals surface area contributed by atoms with Gasteiger partial charge in [0.25, 0.3) is 0 Å². The molecule has 0 amide bonds. The average Bonchev–Trinajstić information content (AvgIpc) is 3.80. The molecule has 0 saturated heterocycles. The van der Waals surface area contributed by atoms with Crippen LogP contribution in [-0.2, 0) is 21.7 Å². The van der Waals surface area contributed by atoms with Crippen molar-refractivity contribution in [2.24, 2.45) is 0 Å². The van der Waals surface area contributed by atoms with E-state index >= 15 is 0 Å². The second-order valence-corrected chi connectivity index (χ2v) is 25.7. The summed E-state index contributed by atoms with van der Waals surface area (Å²) in [5.41, 5.74) is 30.2. The molecule has 0 N–H and O–H groups in total. The molecule has 0 unspecified atom stereocenters. The Balaban J connectivity index is 1.32. The molecule has 2 nitrogen and oxygen atoms in total. The van der Waals surface area contributed by atoms with Crippen LogP contribution in [0.1, 0.15) is 128 Å². The molecule has 354 valence electrons. The van der Waals surface area contributed by atoms with Gasteiger partial charge in [-0.2, -0.15) is 0 Å². The zero-order valence-electron chi connectivity index (χ0n) is 45.1. The minimum absolute atomic E-state index is 0.00630. The molecule has 0 atom stereocenters. The highest BCUT2D eigenvalue weighted by molar-refractivity contribution is 6.90. The molecule has 12 rings (SSSR count). The Labute approximate surface area is 422 Å². The van der Waals surface area contributed by atoms with Gasteiger partial charge in [0.2, 0.25) is 0 Å². The Morgan fingerprint density at radius 2 is 0.873 bits per heavy atom. The Kier molecular flexibility index (Phi) is 9.62. The Morgan fingerprint density at radius 3 is 1.46 bits per heavy atom. The summed E-state index contributed by atoms with van der Waals surface area (Å²) < 4.78 is 5.44. The summed E-state index contributed by atoms with van der Waals surface area (Å²) in [4.78, 5) is 0. The first kappa shape index (κ1) is 45.6. The number of benzene rings is 8. The first-order valence-electron chi connectivity index (χ1n) is 26.1. The summed E-state index contributed by atoms with van der Waals surface area (Å²) in [6, 6.07) is 50.9. The molecule has 3 heteroatoms. The highest BCUT2D eigenvalue weighted by Gasteiger charge is 2.44. The molecule has 71 heavy (non-hydrogen) atoms. The van der Waals surface area contributed by atoms with E-state index in [1.54, 1.807) is 0 Å². The molecule has 0 radical (unpaired) electrons. The van der Waals surface area contributed by atoms with E-state index in [2.05, 4.69) is 247 Å². The van der Waals surface area contributed by atoms with Gasteiger partial charge in [-0.3, -0.25) is 0 Å². The van der Waals surface area contributed by atoms with E-state index in [0.717, 1.165) is 0 Å². The standard InChI is InChI=1S/C68H69BN2/c1-38-19-17-20-39(2)59(38)42-23-26-57-50(31-42)52-32-44(60-40(3)21-18-22-41(60)4)33-54-61-49(43-29-46(66(8,9)10)34-47(30-43)67(11,12)13)25-28-58-62(61)69(71(57)63(52)54)55-37-48(68(14,15)16)36-53-51-35-45(65(5,6)7)24-27-56(51)70(58)64(53)55/h17-37H,1-16H3. The monoisotopic (exact) mass is 925 g/mol. The molecule has 0 spiro atoms. The first-order valence-corrected chi connectivity index (χ1v) is 26.1. The third-order valence-corrected chi connectivity index (χ3v) is 16.6. The predicted molar refractivity (Wildman–Crippen MR) is 310 cm³/mol. The van der Waals surface area contributed by atoms with Crippen molar-refractivity contribution in [3.63, 3.8) is 0 Å². The highest BCUT2D eigenvalue weighted by atomic mass is 15.0. The van der Waals surface area contributed by atoms with Crippen molar-refractivity contribution in [1.29, 1.82) is 0 Å². The van der Waals surface area contributed by atoms with Crippen LogP contribution in [0.3, 0.4) is 0 Å². The molecule has 2 aliphatic heterocycles. The van der Waals surface area contributed by atoms with Crippen molar-refractivity contribution in [3.05, 3.63) is 172 Å². The van der Waals surface area contributed by atoms with Gasteiger partial charge >= 0.3 is 6.85 Å². The highest BCUT2D eigenvalue weighted by Crippen LogP contribution is 2.50. The van der Waals surface area contributed by atoms with Gasteiger partial charge in [0.05, 0.1) is 11.0 Å². The van der Waals surface area contributed by atoms with Gasteiger partial charge in [0, 0.05) is 43.8 Å². The van der Waals surface area contributed by atoms with E-state index in [-0.39, 0.29) is 28.5 Å². The van der Waals surface area contributed by atoms with E-state index in [4.69, 9.17) is 0 Å². The number of hydrogen-bond donors (Lipinski definition) is 0. The molecular formula is C68H69BN2. The third-order valence-electron chi connectivity index (χ3n) is 16.6. The van der Waals surface area contributed by atoms with E-state index in [1.807, 2.05) is 0 Å². The van der Waals surface area contributed by atoms with E-state index < -0.39 is 0 Å². The van der Waals surface area contributed by atoms with Crippen molar-refractivity contribution >= 4 is 61.4 Å². The number of fused-ring (bicyclic) bond motifs is 10. The summed E-state index contributed by atoms with van der Waals surface area (Å²) in [5.74, 6) is 0. The van der Waals surface area contributed by atoms with E-state index in [9.17, 15) is 0 Å². The van der Waals surface area contributed by atoms with Crippen molar-refractivity contribution in [2.75, 3.05) is 0 Å². The van der Waals surface area contributed by atoms with Gasteiger partial charge in [0.15, 0.2) is 0 Å². The lowest BCUT2D eigenvalue weighted by molar-refractivity contribution is 0.569. The van der Waals surface area contributed by atoms with Gasteiger partial charge < -0.3 is 9.05 Å². The number of aromatic nitrogens is 2. The maximum absolute atomic E-state index is 2.79. The Morgan fingerprint density at radius 1 is 0.366 bits per heavy atom. The number of hydrogen-bond acceptors (Lipinski definition) is 0. The van der Waals surface area contributed by atoms with Crippen molar-refractivity contribution in [1.82, 2.24) is 9.05 Å². The van der Waals surface area contributed by atoms with Gasteiger partial charge in [-0.15, -0.1) is 0 Å². The second-order valence-electron chi connectivity index (χ2n) is 25.7. The van der Waals surface area contributed by atoms with Gasteiger partial charge in [0.1, 0.15) is 0 Å². The van der Waals surface area contributed by atoms with Crippen molar-refractivity contribution in [3.8, 4) is 50.2 Å². The van der Waals surface area contributed by atoms with Gasteiger partial charge in [-0.05, 0) is 192 Å². The zero-order chi connectivity index (χ0) is 50.2. The third kappa shape index (κ3) is 6.74. The summed E-state index contributed by atoms with van der Waals surface area (Å²) in [7, 11) is 0. The predicted octanol–water partition coefficient (Wildman–Crippen LogP) is 17.3. The lowest BCUT2D eigenvalue weighted by Crippen LogP contribution is -2.55. The van der Waals surface area contributed by atoms with Crippen molar-refractivity contribution in [2.45, 2.75) is 132 Å². The smallest absolute Gasteiger partial charge is 0.333 e. The molecule has 0 aliphatic carbocycles. The maximum Gasteiger partial charge on any atom is 0.333 e. The van der Waals surface area contributed by atoms with Crippen LogP contribution in [0.2, 0.25) is 0 Å². The first-order chi connectivity index (χ1) is 33.4. The summed E-state index contributed by atoms with van der Waals surface area (Å²) in [6.45, 7) is 37.4. The summed E-state index contributed by atoms with van der Waals surface area (Å²) in [5, 5.41) is 5.30. The zero-order valence-corrected chi connectivity index (χ0v) is 45.1. The maximum atomic E-state index is 2.79. The molecule has 8 aromatic carbocycles. The lowest BCUT2D eigenvalue weighted by atomic mass is 9.45. The van der Waals surface area contributed by atoms with Crippen LogP contribution < -0.4 is 10.9 Å². The van der Waals surface area contributed by atoms with Crippen LogP contribution >= 0.6 is 0 Å².